The quantitative estimate of drug-likeness (QED) is 0.531. The normalized spacial score (nSPS) is 13.6. The third-order valence-corrected chi connectivity index (χ3v) is 1.79. The molecule has 0 bridgehead atoms. The SMILES string of the molecule is C=CC[C@@H](CCC)N(C)C. The maximum Gasteiger partial charge on any atom is 0.0123 e. The summed E-state index contributed by atoms with van der Waals surface area (Å²) in [5, 5.41) is 0. The van der Waals surface area contributed by atoms with Crippen LogP contribution in [0.25, 0.3) is 0 Å². The summed E-state index contributed by atoms with van der Waals surface area (Å²) in [7, 11) is 4.26. The monoisotopic (exact) mass is 141 g/mol. The summed E-state index contributed by atoms with van der Waals surface area (Å²) in [4.78, 5) is 2.27. The Kier molecular flexibility index (Phi) is 5.32. The molecule has 0 unspecified atom stereocenters. The maximum absolute atomic E-state index is 3.74. The van der Waals surface area contributed by atoms with Crippen molar-refractivity contribution in [2.75, 3.05) is 14.1 Å². The lowest BCUT2D eigenvalue weighted by Crippen LogP contribution is -2.26. The van der Waals surface area contributed by atoms with E-state index in [4.69, 9.17) is 0 Å². The standard InChI is InChI=1S/C9H19N/c1-5-7-9(8-6-2)10(3)4/h5,9H,1,6-8H2,2-4H3/t9-/m0/s1. The van der Waals surface area contributed by atoms with Gasteiger partial charge < -0.3 is 4.90 Å². The minimum atomic E-state index is 0.697. The lowest BCUT2D eigenvalue weighted by atomic mass is 10.1. The molecular formula is C9H19N. The molecule has 0 rings (SSSR count). The minimum Gasteiger partial charge on any atom is -0.306 e. The molecule has 0 fully saturated rings. The molecule has 0 aromatic heterocycles. The van der Waals surface area contributed by atoms with Gasteiger partial charge >= 0.3 is 0 Å². The van der Waals surface area contributed by atoms with E-state index in [1.54, 1.807) is 0 Å². The molecule has 0 heterocycles. The van der Waals surface area contributed by atoms with Crippen LogP contribution in [0.5, 0.6) is 0 Å². The molecule has 0 saturated heterocycles. The Morgan fingerprint density at radius 2 is 2.10 bits per heavy atom. The van der Waals surface area contributed by atoms with Crippen LogP contribution in [-0.2, 0) is 0 Å². The summed E-state index contributed by atoms with van der Waals surface area (Å²) in [6.07, 6.45) is 5.65. The molecule has 10 heavy (non-hydrogen) atoms. The van der Waals surface area contributed by atoms with Crippen LogP contribution in [-0.4, -0.2) is 25.0 Å². The van der Waals surface area contributed by atoms with Crippen LogP contribution >= 0.6 is 0 Å². The Hall–Kier alpha value is -0.300. The van der Waals surface area contributed by atoms with Crippen molar-refractivity contribution in [3.8, 4) is 0 Å². The van der Waals surface area contributed by atoms with Gasteiger partial charge in [0, 0.05) is 6.04 Å². The predicted octanol–water partition coefficient (Wildman–Crippen LogP) is 2.29. The van der Waals surface area contributed by atoms with E-state index < -0.39 is 0 Å². The van der Waals surface area contributed by atoms with Crippen LogP contribution in [0.3, 0.4) is 0 Å². The number of rotatable bonds is 5. The van der Waals surface area contributed by atoms with Gasteiger partial charge in [0.15, 0.2) is 0 Å². The fourth-order valence-corrected chi connectivity index (χ4v) is 1.11. The largest absolute Gasteiger partial charge is 0.306 e. The molecule has 0 amide bonds. The van der Waals surface area contributed by atoms with Crippen molar-refractivity contribution in [3.63, 3.8) is 0 Å². The zero-order chi connectivity index (χ0) is 7.98. The third-order valence-electron chi connectivity index (χ3n) is 1.79. The Balaban J connectivity index is 3.60. The molecular weight excluding hydrogens is 122 g/mol. The molecule has 0 aliphatic carbocycles. The van der Waals surface area contributed by atoms with E-state index in [2.05, 4.69) is 32.5 Å². The van der Waals surface area contributed by atoms with Gasteiger partial charge in [-0.1, -0.05) is 19.4 Å². The molecule has 0 N–H and O–H groups in total. The minimum absolute atomic E-state index is 0.697. The van der Waals surface area contributed by atoms with Crippen molar-refractivity contribution < 1.29 is 0 Å². The second-order valence-electron chi connectivity index (χ2n) is 2.93. The van der Waals surface area contributed by atoms with Crippen LogP contribution < -0.4 is 0 Å². The molecule has 0 spiro atoms. The average molecular weight is 141 g/mol. The number of hydrogen-bond donors (Lipinski definition) is 0. The summed E-state index contributed by atoms with van der Waals surface area (Å²) in [5.74, 6) is 0. The second-order valence-corrected chi connectivity index (χ2v) is 2.93. The number of nitrogens with zero attached hydrogens (tertiary/aromatic N) is 1. The highest BCUT2D eigenvalue weighted by Gasteiger charge is 2.06. The summed E-state index contributed by atoms with van der Waals surface area (Å²) in [6, 6.07) is 0.697. The molecule has 60 valence electrons. The summed E-state index contributed by atoms with van der Waals surface area (Å²) < 4.78 is 0. The molecule has 0 aromatic rings. The van der Waals surface area contributed by atoms with Crippen LogP contribution in [0.2, 0.25) is 0 Å². The van der Waals surface area contributed by atoms with Gasteiger partial charge in [0.1, 0.15) is 0 Å². The topological polar surface area (TPSA) is 3.24 Å². The maximum atomic E-state index is 3.74. The lowest BCUT2D eigenvalue weighted by Gasteiger charge is -2.21. The van der Waals surface area contributed by atoms with Gasteiger partial charge in [-0.3, -0.25) is 0 Å². The van der Waals surface area contributed by atoms with Crippen molar-refractivity contribution in [3.05, 3.63) is 12.7 Å². The van der Waals surface area contributed by atoms with E-state index >= 15 is 0 Å². The Labute approximate surface area is 64.7 Å². The fourth-order valence-electron chi connectivity index (χ4n) is 1.11. The van der Waals surface area contributed by atoms with E-state index in [-0.39, 0.29) is 0 Å². The Bertz CT molecular complexity index is 86.7. The van der Waals surface area contributed by atoms with E-state index in [1.165, 1.54) is 12.8 Å². The zero-order valence-electron chi connectivity index (χ0n) is 7.43. The molecule has 1 atom stereocenters. The average Bonchev–Trinajstić information content (AvgIpc) is 1.87. The highest BCUT2D eigenvalue weighted by atomic mass is 15.1. The molecule has 0 saturated carbocycles. The van der Waals surface area contributed by atoms with Gasteiger partial charge in [0.25, 0.3) is 0 Å². The molecule has 0 aliphatic heterocycles. The van der Waals surface area contributed by atoms with Gasteiger partial charge in [-0.15, -0.1) is 6.58 Å². The third kappa shape index (κ3) is 3.67. The van der Waals surface area contributed by atoms with Gasteiger partial charge in [-0.25, -0.2) is 0 Å². The zero-order valence-corrected chi connectivity index (χ0v) is 7.43. The summed E-state index contributed by atoms with van der Waals surface area (Å²) in [5.41, 5.74) is 0. The fraction of sp³-hybridized carbons (Fsp3) is 0.778. The van der Waals surface area contributed by atoms with Gasteiger partial charge in [0.2, 0.25) is 0 Å². The molecule has 0 radical (unpaired) electrons. The van der Waals surface area contributed by atoms with E-state index in [9.17, 15) is 0 Å². The lowest BCUT2D eigenvalue weighted by molar-refractivity contribution is 0.278. The van der Waals surface area contributed by atoms with Crippen molar-refractivity contribution in [2.24, 2.45) is 0 Å². The smallest absolute Gasteiger partial charge is 0.0123 e. The molecule has 0 aliphatic rings. The van der Waals surface area contributed by atoms with Gasteiger partial charge in [-0.2, -0.15) is 0 Å². The van der Waals surface area contributed by atoms with Crippen molar-refractivity contribution in [2.45, 2.75) is 32.2 Å². The van der Waals surface area contributed by atoms with Gasteiger partial charge in [0.05, 0.1) is 0 Å². The van der Waals surface area contributed by atoms with Gasteiger partial charge in [-0.05, 0) is 26.9 Å². The molecule has 0 aromatic carbocycles. The highest BCUT2D eigenvalue weighted by Crippen LogP contribution is 2.07. The first kappa shape index (κ1) is 9.70. The van der Waals surface area contributed by atoms with Crippen LogP contribution in [0.1, 0.15) is 26.2 Å². The summed E-state index contributed by atoms with van der Waals surface area (Å²) >= 11 is 0. The second kappa shape index (κ2) is 5.48. The number of hydrogen-bond acceptors (Lipinski definition) is 1. The van der Waals surface area contributed by atoms with Crippen molar-refractivity contribution >= 4 is 0 Å². The van der Waals surface area contributed by atoms with Crippen LogP contribution in [0.4, 0.5) is 0 Å². The van der Waals surface area contributed by atoms with E-state index in [0.29, 0.717) is 6.04 Å². The molecule has 1 heteroatoms. The Morgan fingerprint density at radius 3 is 2.40 bits per heavy atom. The van der Waals surface area contributed by atoms with Crippen LogP contribution in [0.15, 0.2) is 12.7 Å². The van der Waals surface area contributed by atoms with E-state index in [1.807, 2.05) is 6.08 Å². The first-order chi connectivity index (χ1) is 4.72. The first-order valence-electron chi connectivity index (χ1n) is 3.99. The van der Waals surface area contributed by atoms with Crippen molar-refractivity contribution in [1.82, 2.24) is 4.90 Å². The predicted molar refractivity (Wildman–Crippen MR) is 47.2 cm³/mol. The molecule has 1 nitrogen and oxygen atoms in total. The highest BCUT2D eigenvalue weighted by molar-refractivity contribution is 4.77. The van der Waals surface area contributed by atoms with Crippen LogP contribution in [0, 0.1) is 0 Å². The Morgan fingerprint density at radius 1 is 1.50 bits per heavy atom. The summed E-state index contributed by atoms with van der Waals surface area (Å²) in [6.45, 7) is 5.96. The first-order valence-corrected chi connectivity index (χ1v) is 3.99. The van der Waals surface area contributed by atoms with Crippen molar-refractivity contribution in [1.29, 1.82) is 0 Å². The van der Waals surface area contributed by atoms with E-state index in [0.717, 1.165) is 6.42 Å².